The zero-order valence-corrected chi connectivity index (χ0v) is 18.8. The first-order valence-electron chi connectivity index (χ1n) is 10.4. The topological polar surface area (TPSA) is 100 Å². The largest absolute Gasteiger partial charge is 0.395 e. The summed E-state index contributed by atoms with van der Waals surface area (Å²) in [5, 5.41) is 13.4. The molecule has 0 radical (unpaired) electrons. The number of benzene rings is 1. The van der Waals surface area contributed by atoms with Gasteiger partial charge in [-0.3, -0.25) is 14.2 Å². The first-order chi connectivity index (χ1) is 14.8. The first-order valence-corrected chi connectivity index (χ1v) is 11.2. The molecule has 1 saturated heterocycles. The summed E-state index contributed by atoms with van der Waals surface area (Å²) in [6.07, 6.45) is 1.62. The van der Waals surface area contributed by atoms with Crippen LogP contribution in [0.25, 0.3) is 10.3 Å². The van der Waals surface area contributed by atoms with Gasteiger partial charge in [0.15, 0.2) is 15.5 Å². The number of fused-ring (bicyclic) bond motifs is 1. The molecular formula is C22H27N5O3S. The van der Waals surface area contributed by atoms with Crippen LogP contribution in [0, 0.1) is 0 Å². The highest BCUT2D eigenvalue weighted by Crippen LogP contribution is 2.32. The van der Waals surface area contributed by atoms with E-state index in [-0.39, 0.29) is 24.1 Å². The van der Waals surface area contributed by atoms with Crippen molar-refractivity contribution in [3.05, 3.63) is 52.1 Å². The minimum absolute atomic E-state index is 0.0384. The van der Waals surface area contributed by atoms with Gasteiger partial charge in [0, 0.05) is 25.6 Å². The third-order valence-corrected chi connectivity index (χ3v) is 6.73. The number of amides is 1. The Bertz CT molecular complexity index is 1160. The van der Waals surface area contributed by atoms with Crippen molar-refractivity contribution in [3.63, 3.8) is 0 Å². The van der Waals surface area contributed by atoms with Crippen LogP contribution in [0.1, 0.15) is 38.1 Å². The Labute approximate surface area is 184 Å². The van der Waals surface area contributed by atoms with Crippen LogP contribution in [-0.2, 0) is 23.8 Å². The van der Waals surface area contributed by atoms with Gasteiger partial charge in [-0.1, -0.05) is 55.5 Å². The second-order valence-electron chi connectivity index (χ2n) is 8.55. The van der Waals surface area contributed by atoms with E-state index in [0.717, 1.165) is 18.4 Å². The van der Waals surface area contributed by atoms with Gasteiger partial charge in [-0.25, -0.2) is 9.97 Å². The number of hydrogen-bond donors (Lipinski definition) is 2. The molecule has 1 atom stereocenters. The molecule has 3 heterocycles. The van der Waals surface area contributed by atoms with E-state index < -0.39 is 5.41 Å². The fourth-order valence-electron chi connectivity index (χ4n) is 3.91. The maximum atomic E-state index is 12.9. The smallest absolute Gasteiger partial charge is 0.280 e. The molecule has 1 aromatic carbocycles. The SMILES string of the molecule is Cn1c(C(C)(C)CO)nc2sc(N3CCCC3C(=O)NCc3ccccc3)nc2c1=O. The van der Waals surface area contributed by atoms with E-state index in [1.807, 2.05) is 49.1 Å². The maximum Gasteiger partial charge on any atom is 0.280 e. The molecule has 0 spiro atoms. The molecule has 4 rings (SSSR count). The normalized spacial score (nSPS) is 16.8. The summed E-state index contributed by atoms with van der Waals surface area (Å²) >= 11 is 1.32. The third-order valence-electron chi connectivity index (χ3n) is 5.74. The Morgan fingerprint density at radius 2 is 2.03 bits per heavy atom. The summed E-state index contributed by atoms with van der Waals surface area (Å²) in [6.45, 7) is 4.75. The van der Waals surface area contributed by atoms with E-state index in [0.29, 0.717) is 34.4 Å². The van der Waals surface area contributed by atoms with Crippen LogP contribution >= 0.6 is 11.3 Å². The summed E-state index contributed by atoms with van der Waals surface area (Å²) in [4.78, 5) is 37.5. The predicted octanol–water partition coefficient (Wildman–Crippen LogP) is 1.95. The highest BCUT2D eigenvalue weighted by atomic mass is 32.1. The zero-order chi connectivity index (χ0) is 22.2. The number of anilines is 1. The Morgan fingerprint density at radius 3 is 2.74 bits per heavy atom. The van der Waals surface area contributed by atoms with Crippen LogP contribution in [0.2, 0.25) is 0 Å². The second kappa shape index (κ2) is 8.39. The molecule has 3 aromatic rings. The van der Waals surface area contributed by atoms with Crippen molar-refractivity contribution in [2.45, 2.75) is 44.7 Å². The predicted molar refractivity (Wildman–Crippen MR) is 121 cm³/mol. The molecule has 2 aromatic heterocycles. The molecule has 1 amide bonds. The van der Waals surface area contributed by atoms with E-state index in [1.54, 1.807) is 7.05 Å². The summed E-state index contributed by atoms with van der Waals surface area (Å²) < 4.78 is 1.45. The number of aromatic nitrogens is 3. The Morgan fingerprint density at radius 1 is 1.29 bits per heavy atom. The number of hydrogen-bond acceptors (Lipinski definition) is 7. The van der Waals surface area contributed by atoms with Gasteiger partial charge >= 0.3 is 0 Å². The first kappa shape index (κ1) is 21.5. The van der Waals surface area contributed by atoms with Crippen LogP contribution in [0.15, 0.2) is 35.1 Å². The Kier molecular flexibility index (Phi) is 5.81. The molecule has 1 unspecified atom stereocenters. The van der Waals surface area contributed by atoms with E-state index in [2.05, 4.69) is 15.3 Å². The minimum atomic E-state index is -0.653. The fraction of sp³-hybridized carbons (Fsp3) is 0.455. The number of aliphatic hydroxyl groups is 1. The van der Waals surface area contributed by atoms with Gasteiger partial charge in [0.1, 0.15) is 11.9 Å². The van der Waals surface area contributed by atoms with Gasteiger partial charge in [-0.15, -0.1) is 0 Å². The van der Waals surface area contributed by atoms with E-state index in [9.17, 15) is 14.7 Å². The van der Waals surface area contributed by atoms with E-state index in [4.69, 9.17) is 0 Å². The van der Waals surface area contributed by atoms with Crippen molar-refractivity contribution in [1.29, 1.82) is 0 Å². The van der Waals surface area contributed by atoms with Gasteiger partial charge in [0.05, 0.1) is 6.61 Å². The monoisotopic (exact) mass is 441 g/mol. The van der Waals surface area contributed by atoms with Crippen molar-refractivity contribution in [1.82, 2.24) is 19.9 Å². The molecule has 0 saturated carbocycles. The van der Waals surface area contributed by atoms with Crippen molar-refractivity contribution in [2.75, 3.05) is 18.1 Å². The zero-order valence-electron chi connectivity index (χ0n) is 18.0. The Hall–Kier alpha value is -2.78. The van der Waals surface area contributed by atoms with Crippen LogP contribution in [0.4, 0.5) is 5.13 Å². The van der Waals surface area contributed by atoms with E-state index >= 15 is 0 Å². The van der Waals surface area contributed by atoms with Gasteiger partial charge < -0.3 is 15.3 Å². The quantitative estimate of drug-likeness (QED) is 0.606. The lowest BCUT2D eigenvalue weighted by molar-refractivity contribution is -0.122. The van der Waals surface area contributed by atoms with Crippen molar-refractivity contribution in [2.24, 2.45) is 7.05 Å². The summed E-state index contributed by atoms with van der Waals surface area (Å²) in [6, 6.07) is 9.49. The third kappa shape index (κ3) is 4.07. The summed E-state index contributed by atoms with van der Waals surface area (Å²) in [5.41, 5.74) is 0.454. The molecule has 2 N–H and O–H groups in total. The molecular weight excluding hydrogens is 414 g/mol. The number of carbonyl (C=O) groups excluding carboxylic acids is 1. The number of nitrogens with zero attached hydrogens (tertiary/aromatic N) is 4. The highest BCUT2D eigenvalue weighted by Gasteiger charge is 2.34. The molecule has 1 aliphatic rings. The lowest BCUT2D eigenvalue weighted by atomic mass is 9.93. The van der Waals surface area contributed by atoms with Crippen molar-refractivity contribution in [3.8, 4) is 0 Å². The van der Waals surface area contributed by atoms with E-state index in [1.165, 1.54) is 15.9 Å². The number of nitrogens with one attached hydrogen (secondary N) is 1. The second-order valence-corrected chi connectivity index (χ2v) is 9.50. The number of rotatable bonds is 6. The summed E-state index contributed by atoms with van der Waals surface area (Å²) in [7, 11) is 1.65. The minimum Gasteiger partial charge on any atom is -0.395 e. The van der Waals surface area contributed by atoms with Crippen LogP contribution in [0.3, 0.4) is 0 Å². The average molecular weight is 442 g/mol. The number of thiazole rings is 1. The summed E-state index contributed by atoms with van der Waals surface area (Å²) in [5.74, 6) is 0.477. The van der Waals surface area contributed by atoms with Gasteiger partial charge in [0.2, 0.25) is 5.91 Å². The highest BCUT2D eigenvalue weighted by molar-refractivity contribution is 7.21. The molecule has 9 heteroatoms. The van der Waals surface area contributed by atoms with Crippen LogP contribution in [-0.4, -0.2) is 44.7 Å². The molecule has 1 aliphatic heterocycles. The molecule has 0 aliphatic carbocycles. The van der Waals surface area contributed by atoms with Crippen molar-refractivity contribution >= 4 is 32.7 Å². The molecule has 164 valence electrons. The Balaban J connectivity index is 1.61. The molecule has 8 nitrogen and oxygen atoms in total. The number of aliphatic hydroxyl groups excluding tert-OH is 1. The molecule has 0 bridgehead atoms. The fourth-order valence-corrected chi connectivity index (χ4v) is 4.92. The lowest BCUT2D eigenvalue weighted by Gasteiger charge is -2.23. The van der Waals surface area contributed by atoms with Gasteiger partial charge in [0.25, 0.3) is 5.56 Å². The van der Waals surface area contributed by atoms with Crippen molar-refractivity contribution < 1.29 is 9.90 Å². The number of carbonyl (C=O) groups is 1. The molecule has 1 fully saturated rings. The van der Waals surface area contributed by atoms with Gasteiger partial charge in [-0.2, -0.15) is 0 Å². The lowest BCUT2D eigenvalue weighted by Crippen LogP contribution is -2.43. The molecule has 31 heavy (non-hydrogen) atoms. The van der Waals surface area contributed by atoms with Crippen LogP contribution in [0.5, 0.6) is 0 Å². The average Bonchev–Trinajstić information content (AvgIpc) is 3.42. The van der Waals surface area contributed by atoms with Crippen LogP contribution < -0.4 is 15.8 Å². The maximum absolute atomic E-state index is 12.9. The standard InChI is InChI=1S/C22H27N5O3S/c1-22(2,13-28)20-25-18-16(19(30)26(20)3)24-21(31-18)27-11-7-10-15(27)17(29)23-12-14-8-5-4-6-9-14/h4-6,8-9,15,28H,7,10-13H2,1-3H3,(H,23,29). The van der Waals surface area contributed by atoms with Gasteiger partial charge in [-0.05, 0) is 18.4 Å².